The van der Waals surface area contributed by atoms with Gasteiger partial charge in [-0.1, -0.05) is 61.0 Å². The highest BCUT2D eigenvalue weighted by molar-refractivity contribution is 5.85. The minimum absolute atomic E-state index is 0.0125. The van der Waals surface area contributed by atoms with Crippen molar-refractivity contribution in [2.45, 2.75) is 56.5 Å². The molecule has 2 aromatic carbocycles. The maximum absolute atomic E-state index is 12.7. The monoisotopic (exact) mass is 476 g/mol. The highest BCUT2D eigenvalue weighted by Gasteiger charge is 2.32. The van der Waals surface area contributed by atoms with Crippen molar-refractivity contribution in [1.82, 2.24) is 10.6 Å². The Hall–Kier alpha value is -3.61. The normalized spacial score (nSPS) is 19.7. The quantitative estimate of drug-likeness (QED) is 0.458. The molecular weight excluding hydrogens is 444 g/mol. The summed E-state index contributed by atoms with van der Waals surface area (Å²) in [6, 6.07) is 15.2. The molecule has 184 valence electrons. The van der Waals surface area contributed by atoms with Crippen LogP contribution in [-0.2, 0) is 14.3 Å². The fraction of sp³-hybridized carbons (Fsp3) is 0.393. The van der Waals surface area contributed by atoms with E-state index in [-0.39, 0.29) is 30.4 Å². The first-order valence-electron chi connectivity index (χ1n) is 12.2. The Morgan fingerprint density at radius 3 is 2.34 bits per heavy atom. The fourth-order valence-electron chi connectivity index (χ4n) is 5.20. The van der Waals surface area contributed by atoms with Crippen LogP contribution in [-0.4, -0.2) is 41.8 Å². The van der Waals surface area contributed by atoms with Crippen molar-refractivity contribution in [2.75, 3.05) is 6.61 Å². The maximum Gasteiger partial charge on any atom is 0.407 e. The Kier molecular flexibility index (Phi) is 7.85. The van der Waals surface area contributed by atoms with Crippen molar-refractivity contribution in [3.05, 3.63) is 72.3 Å². The molecule has 4 rings (SSSR count). The predicted molar refractivity (Wildman–Crippen MR) is 133 cm³/mol. The van der Waals surface area contributed by atoms with Crippen molar-refractivity contribution >= 4 is 18.0 Å². The molecular formula is C28H32N2O5. The lowest BCUT2D eigenvalue weighted by atomic mass is 9.85. The van der Waals surface area contributed by atoms with Crippen LogP contribution in [0.15, 0.2) is 61.2 Å². The number of carboxylic acid groups (broad SMARTS) is 1. The third-order valence-electron chi connectivity index (χ3n) is 6.98. The number of rotatable bonds is 9. The van der Waals surface area contributed by atoms with Gasteiger partial charge >= 0.3 is 12.1 Å². The van der Waals surface area contributed by atoms with Gasteiger partial charge in [0.15, 0.2) is 0 Å². The molecule has 2 aliphatic carbocycles. The first-order chi connectivity index (χ1) is 17.0. The van der Waals surface area contributed by atoms with Crippen molar-refractivity contribution in [3.63, 3.8) is 0 Å². The number of allylic oxidation sites excluding steroid dienone is 1. The summed E-state index contributed by atoms with van der Waals surface area (Å²) in [7, 11) is 0. The number of hydrogen-bond acceptors (Lipinski definition) is 4. The van der Waals surface area contributed by atoms with E-state index in [9.17, 15) is 19.5 Å². The molecule has 0 heterocycles. The summed E-state index contributed by atoms with van der Waals surface area (Å²) < 4.78 is 5.64. The summed E-state index contributed by atoms with van der Waals surface area (Å²) in [6.45, 7) is 3.84. The lowest BCUT2D eigenvalue weighted by molar-refractivity contribution is -0.142. The summed E-state index contributed by atoms with van der Waals surface area (Å²) in [5.41, 5.74) is 4.65. The number of carboxylic acids is 1. The number of alkyl carbamates (subject to hydrolysis) is 1. The number of benzene rings is 2. The summed E-state index contributed by atoms with van der Waals surface area (Å²) in [5.74, 6) is -1.68. The molecule has 7 nitrogen and oxygen atoms in total. The smallest absolute Gasteiger partial charge is 0.407 e. The molecule has 0 saturated heterocycles. The minimum Gasteiger partial charge on any atom is -0.480 e. The van der Waals surface area contributed by atoms with Gasteiger partial charge in [-0.15, -0.1) is 6.58 Å². The van der Waals surface area contributed by atoms with Crippen LogP contribution < -0.4 is 10.6 Å². The number of nitrogens with one attached hydrogen (secondary N) is 2. The van der Waals surface area contributed by atoms with Gasteiger partial charge in [-0.05, 0) is 54.4 Å². The van der Waals surface area contributed by atoms with Crippen LogP contribution in [0.3, 0.4) is 0 Å². The Labute approximate surface area is 205 Å². The number of hydrogen-bond donors (Lipinski definition) is 3. The zero-order valence-corrected chi connectivity index (χ0v) is 19.7. The summed E-state index contributed by atoms with van der Waals surface area (Å²) >= 11 is 0. The van der Waals surface area contributed by atoms with Crippen molar-refractivity contribution in [3.8, 4) is 11.1 Å². The molecule has 2 amide bonds. The molecule has 1 fully saturated rings. The molecule has 0 bridgehead atoms. The van der Waals surface area contributed by atoms with Gasteiger partial charge in [0.2, 0.25) is 5.91 Å². The van der Waals surface area contributed by atoms with Crippen LogP contribution in [0.1, 0.15) is 55.6 Å². The topological polar surface area (TPSA) is 105 Å². The van der Waals surface area contributed by atoms with Gasteiger partial charge in [-0.2, -0.15) is 0 Å². The minimum atomic E-state index is -1.05. The van der Waals surface area contributed by atoms with E-state index in [1.54, 1.807) is 6.08 Å². The molecule has 2 aliphatic rings. The number of amides is 2. The number of ether oxygens (including phenoxy) is 1. The summed E-state index contributed by atoms with van der Waals surface area (Å²) in [6.07, 6.45) is 4.62. The first kappa shape index (κ1) is 24.5. The predicted octanol–water partition coefficient (Wildman–Crippen LogP) is 4.62. The molecule has 0 radical (unpaired) electrons. The summed E-state index contributed by atoms with van der Waals surface area (Å²) in [5, 5.41) is 14.9. The third-order valence-corrected chi connectivity index (χ3v) is 6.98. The van der Waals surface area contributed by atoms with Crippen LogP contribution in [0.4, 0.5) is 4.79 Å². The van der Waals surface area contributed by atoms with Crippen LogP contribution in [0.2, 0.25) is 0 Å². The van der Waals surface area contributed by atoms with Gasteiger partial charge in [-0.3, -0.25) is 4.79 Å². The Morgan fingerprint density at radius 2 is 1.71 bits per heavy atom. The molecule has 35 heavy (non-hydrogen) atoms. The molecule has 7 heteroatoms. The second kappa shape index (κ2) is 11.2. The standard InChI is InChI=1S/C28H32N2O5/c1-2-3-15-25(27(32)33)30-26(31)18-9-8-10-19(16-18)29-28(34)35-17-24-22-13-6-4-11-20(22)21-12-5-7-14-23(21)24/h2,4-7,11-14,18-19,24-25H,1,3,8-10,15-17H2,(H,29,34)(H,30,31)(H,32,33)/t18-,19-,25?/m1/s1. The van der Waals surface area contributed by atoms with Crippen molar-refractivity contribution < 1.29 is 24.2 Å². The highest BCUT2D eigenvalue weighted by atomic mass is 16.5. The van der Waals surface area contributed by atoms with Gasteiger partial charge in [0.25, 0.3) is 0 Å². The van der Waals surface area contributed by atoms with Crippen molar-refractivity contribution in [1.29, 1.82) is 0 Å². The van der Waals surface area contributed by atoms with Gasteiger partial charge in [-0.25, -0.2) is 9.59 Å². The van der Waals surface area contributed by atoms with E-state index < -0.39 is 18.1 Å². The van der Waals surface area contributed by atoms with E-state index in [2.05, 4.69) is 41.5 Å². The average Bonchev–Trinajstić information content (AvgIpc) is 3.19. The Bertz CT molecular complexity index is 1050. The van der Waals surface area contributed by atoms with E-state index in [4.69, 9.17) is 4.74 Å². The largest absolute Gasteiger partial charge is 0.480 e. The van der Waals surface area contributed by atoms with Crippen molar-refractivity contribution in [2.24, 2.45) is 5.92 Å². The number of carbonyl (C=O) groups is 3. The molecule has 1 saturated carbocycles. The lowest BCUT2D eigenvalue weighted by Crippen LogP contribution is -2.47. The van der Waals surface area contributed by atoms with Crippen LogP contribution >= 0.6 is 0 Å². The first-order valence-corrected chi connectivity index (χ1v) is 12.2. The van der Waals surface area contributed by atoms with E-state index >= 15 is 0 Å². The van der Waals surface area contributed by atoms with Gasteiger partial charge < -0.3 is 20.5 Å². The highest BCUT2D eigenvalue weighted by Crippen LogP contribution is 2.44. The van der Waals surface area contributed by atoms with E-state index in [1.807, 2.05) is 24.3 Å². The van der Waals surface area contributed by atoms with Crippen LogP contribution in [0.5, 0.6) is 0 Å². The Morgan fingerprint density at radius 1 is 1.06 bits per heavy atom. The number of aliphatic carboxylic acids is 1. The SMILES string of the molecule is C=CCCC(NC(=O)[C@@H]1CCC[C@@H](NC(=O)OCC2c3ccccc3-c3ccccc32)C1)C(=O)O. The van der Waals surface area contributed by atoms with Crippen LogP contribution in [0, 0.1) is 5.92 Å². The maximum atomic E-state index is 12.7. The van der Waals surface area contributed by atoms with E-state index in [0.717, 1.165) is 24.0 Å². The second-order valence-electron chi connectivity index (χ2n) is 9.30. The van der Waals surface area contributed by atoms with Crippen LogP contribution in [0.25, 0.3) is 11.1 Å². The second-order valence-corrected chi connectivity index (χ2v) is 9.30. The number of carbonyl (C=O) groups excluding carboxylic acids is 2. The fourth-order valence-corrected chi connectivity index (χ4v) is 5.20. The zero-order valence-electron chi connectivity index (χ0n) is 19.7. The van der Waals surface area contributed by atoms with E-state index in [0.29, 0.717) is 25.7 Å². The molecule has 1 unspecified atom stereocenters. The summed E-state index contributed by atoms with van der Waals surface area (Å²) in [4.78, 5) is 36.8. The number of fused-ring (bicyclic) bond motifs is 3. The van der Waals surface area contributed by atoms with Gasteiger partial charge in [0.05, 0.1) is 0 Å². The molecule has 3 N–H and O–H groups in total. The molecule has 3 atom stereocenters. The molecule has 2 aromatic rings. The Balaban J connectivity index is 1.31. The van der Waals surface area contributed by atoms with E-state index in [1.165, 1.54) is 11.1 Å². The van der Waals surface area contributed by atoms with Gasteiger partial charge in [0.1, 0.15) is 12.6 Å². The zero-order chi connectivity index (χ0) is 24.8. The van der Waals surface area contributed by atoms with Gasteiger partial charge in [0, 0.05) is 17.9 Å². The molecule has 0 aliphatic heterocycles. The molecule has 0 spiro atoms. The third kappa shape index (κ3) is 5.73. The molecule has 0 aromatic heterocycles. The average molecular weight is 477 g/mol. The lowest BCUT2D eigenvalue weighted by Gasteiger charge is -2.29.